The molecule has 1 aliphatic rings. The number of amides is 2. The Labute approximate surface area is 234 Å². The molecule has 0 spiro atoms. The third-order valence-electron chi connectivity index (χ3n) is 6.51. The van der Waals surface area contributed by atoms with Crippen LogP contribution in [0.3, 0.4) is 0 Å². The Morgan fingerprint density at radius 2 is 1.31 bits per heavy atom. The molecule has 1 aliphatic heterocycles. The van der Waals surface area contributed by atoms with Crippen molar-refractivity contribution in [2.24, 2.45) is 0 Å². The minimum Gasteiger partial charge on any atom is -0.445 e. The third kappa shape index (κ3) is 4.97. The van der Waals surface area contributed by atoms with Gasteiger partial charge in [0.1, 0.15) is 0 Å². The van der Waals surface area contributed by atoms with Crippen LogP contribution >= 0.6 is 23.2 Å². The normalized spacial score (nSPS) is 13.3. The van der Waals surface area contributed by atoms with E-state index in [2.05, 4.69) is 0 Å². The molecular formula is C31H21Cl2NO5. The van der Waals surface area contributed by atoms with Gasteiger partial charge in [0.25, 0.3) is 11.8 Å². The number of carbonyl (C=O) groups excluding carboxylic acids is 4. The van der Waals surface area contributed by atoms with Crippen molar-refractivity contribution in [2.45, 2.75) is 20.0 Å². The number of halogens is 2. The van der Waals surface area contributed by atoms with E-state index >= 15 is 0 Å². The van der Waals surface area contributed by atoms with E-state index in [1.165, 1.54) is 24.3 Å². The topological polar surface area (TPSA) is 80.8 Å². The fourth-order valence-electron chi connectivity index (χ4n) is 4.37. The molecule has 0 unspecified atom stereocenters. The Morgan fingerprint density at radius 1 is 0.744 bits per heavy atom. The number of carbonyl (C=O) groups is 4. The van der Waals surface area contributed by atoms with E-state index in [-0.39, 0.29) is 38.2 Å². The van der Waals surface area contributed by atoms with E-state index in [0.717, 1.165) is 10.5 Å². The molecule has 4 aromatic rings. The average molecular weight is 558 g/mol. The third-order valence-corrected chi connectivity index (χ3v) is 7.24. The van der Waals surface area contributed by atoms with Crippen molar-refractivity contribution >= 4 is 52.5 Å². The minimum atomic E-state index is -1.20. The first-order valence-corrected chi connectivity index (χ1v) is 12.8. The van der Waals surface area contributed by atoms with Crippen LogP contribution in [0.25, 0.3) is 0 Å². The quantitative estimate of drug-likeness (QED) is 0.142. The zero-order valence-corrected chi connectivity index (χ0v) is 22.4. The summed E-state index contributed by atoms with van der Waals surface area (Å²) in [6, 6.07) is 23.0. The van der Waals surface area contributed by atoms with Crippen molar-refractivity contribution in [2.75, 3.05) is 4.90 Å². The molecule has 1 atom stereocenters. The summed E-state index contributed by atoms with van der Waals surface area (Å²) in [6.07, 6.45) is -1.20. The number of hydrogen-bond acceptors (Lipinski definition) is 5. The van der Waals surface area contributed by atoms with Crippen LogP contribution in [0.4, 0.5) is 5.69 Å². The zero-order chi connectivity index (χ0) is 27.8. The van der Waals surface area contributed by atoms with Gasteiger partial charge >= 0.3 is 5.97 Å². The smallest absolute Gasteiger partial charge is 0.339 e. The average Bonchev–Trinajstić information content (AvgIpc) is 3.16. The number of imide groups is 1. The van der Waals surface area contributed by atoms with E-state index in [9.17, 15) is 19.2 Å². The van der Waals surface area contributed by atoms with Crippen molar-refractivity contribution in [1.82, 2.24) is 0 Å². The van der Waals surface area contributed by atoms with Crippen LogP contribution in [-0.2, 0) is 4.74 Å². The van der Waals surface area contributed by atoms with Gasteiger partial charge in [0.05, 0.1) is 32.4 Å². The fourth-order valence-corrected chi connectivity index (χ4v) is 4.70. The van der Waals surface area contributed by atoms with E-state index < -0.39 is 23.9 Å². The maximum Gasteiger partial charge on any atom is 0.339 e. The van der Waals surface area contributed by atoms with Crippen molar-refractivity contribution in [1.29, 1.82) is 0 Å². The lowest BCUT2D eigenvalue weighted by Gasteiger charge is -2.20. The van der Waals surface area contributed by atoms with E-state index in [0.29, 0.717) is 16.7 Å². The van der Waals surface area contributed by atoms with Crippen LogP contribution in [0.2, 0.25) is 10.0 Å². The van der Waals surface area contributed by atoms with Crippen LogP contribution in [0.15, 0.2) is 84.9 Å². The van der Waals surface area contributed by atoms with Gasteiger partial charge in [0.2, 0.25) is 5.78 Å². The van der Waals surface area contributed by atoms with Gasteiger partial charge in [0.15, 0.2) is 6.10 Å². The molecule has 1 heterocycles. The zero-order valence-electron chi connectivity index (χ0n) is 20.9. The Balaban J connectivity index is 1.48. The lowest BCUT2D eigenvalue weighted by atomic mass is 9.99. The molecular weight excluding hydrogens is 537 g/mol. The van der Waals surface area contributed by atoms with Crippen molar-refractivity contribution in [3.8, 4) is 0 Å². The first-order valence-electron chi connectivity index (χ1n) is 12.0. The number of Topliss-reactive ketones (excluding diaryl/α,β-unsaturated/α-hetero) is 1. The number of ketones is 1. The summed E-state index contributed by atoms with van der Waals surface area (Å²) in [7, 11) is 0. The second kappa shape index (κ2) is 10.5. The molecule has 0 N–H and O–H groups in total. The number of aryl methyl sites for hydroxylation is 2. The van der Waals surface area contributed by atoms with Gasteiger partial charge in [-0.05, 0) is 43.7 Å². The van der Waals surface area contributed by atoms with Crippen LogP contribution in [-0.4, -0.2) is 23.6 Å². The van der Waals surface area contributed by atoms with Gasteiger partial charge in [-0.25, -0.2) is 9.69 Å². The molecule has 0 radical (unpaired) electrons. The molecule has 0 aromatic heterocycles. The second-order valence-electron chi connectivity index (χ2n) is 9.19. The summed E-state index contributed by atoms with van der Waals surface area (Å²) in [5, 5.41) is 0.301. The van der Waals surface area contributed by atoms with Crippen LogP contribution < -0.4 is 4.90 Å². The Kier molecular flexibility index (Phi) is 7.08. The van der Waals surface area contributed by atoms with Crippen molar-refractivity contribution in [3.05, 3.63) is 134 Å². The number of rotatable bonds is 6. The van der Waals surface area contributed by atoms with Crippen molar-refractivity contribution in [3.63, 3.8) is 0 Å². The predicted molar refractivity (Wildman–Crippen MR) is 149 cm³/mol. The number of ether oxygens (including phenoxy) is 1. The number of nitrogens with zero attached hydrogens (tertiary/aromatic N) is 1. The van der Waals surface area contributed by atoms with Gasteiger partial charge in [-0.1, -0.05) is 89.4 Å². The number of fused-ring (bicyclic) bond motifs is 1. The molecule has 8 heteroatoms. The van der Waals surface area contributed by atoms with Gasteiger partial charge in [-0.3, -0.25) is 14.4 Å². The lowest BCUT2D eigenvalue weighted by molar-refractivity contribution is 0.0280. The van der Waals surface area contributed by atoms with Gasteiger partial charge < -0.3 is 4.74 Å². The summed E-state index contributed by atoms with van der Waals surface area (Å²) >= 11 is 12.1. The highest BCUT2D eigenvalue weighted by Crippen LogP contribution is 2.36. The van der Waals surface area contributed by atoms with Gasteiger partial charge in [-0.2, -0.15) is 0 Å². The Morgan fingerprint density at radius 3 is 1.90 bits per heavy atom. The largest absolute Gasteiger partial charge is 0.445 e. The van der Waals surface area contributed by atoms with E-state index in [4.69, 9.17) is 27.9 Å². The first-order chi connectivity index (χ1) is 18.7. The molecule has 0 saturated carbocycles. The number of anilines is 1. The van der Waals surface area contributed by atoms with E-state index in [1.807, 2.05) is 19.1 Å². The molecule has 5 rings (SSSR count). The highest BCUT2D eigenvalue weighted by Gasteiger charge is 2.38. The van der Waals surface area contributed by atoms with Crippen LogP contribution in [0, 0.1) is 13.8 Å². The van der Waals surface area contributed by atoms with Gasteiger partial charge in [0, 0.05) is 11.1 Å². The van der Waals surface area contributed by atoms with E-state index in [1.54, 1.807) is 55.5 Å². The Bertz CT molecular complexity index is 1610. The molecule has 0 saturated heterocycles. The van der Waals surface area contributed by atoms with Crippen LogP contribution in [0.1, 0.15) is 64.2 Å². The number of benzene rings is 4. The van der Waals surface area contributed by atoms with Crippen LogP contribution in [0.5, 0.6) is 0 Å². The number of hydrogen-bond donors (Lipinski definition) is 0. The van der Waals surface area contributed by atoms with Gasteiger partial charge in [-0.15, -0.1) is 0 Å². The molecule has 0 fully saturated rings. The Hall–Kier alpha value is -4.26. The first kappa shape index (κ1) is 26.4. The maximum atomic E-state index is 13.4. The summed E-state index contributed by atoms with van der Waals surface area (Å²) < 4.78 is 5.76. The molecule has 6 nitrogen and oxygen atoms in total. The maximum absolute atomic E-state index is 13.4. The highest BCUT2D eigenvalue weighted by atomic mass is 35.5. The molecule has 2 amide bonds. The standard InChI is InChI=1S/C31H21Cl2NO5/c1-17-8-11-19(12-9-17)27(35)28(20-6-4-3-5-7-20)39-31(38)21-13-10-18(2)26(14-21)34-29(36)22-15-24(32)25(33)16-23(22)30(34)37/h3-16,28H,1-2H3/t28-/m1/s1. The number of esters is 1. The summed E-state index contributed by atoms with van der Waals surface area (Å²) in [5.74, 6) is -2.33. The molecule has 0 bridgehead atoms. The highest BCUT2D eigenvalue weighted by molar-refractivity contribution is 6.44. The lowest BCUT2D eigenvalue weighted by Crippen LogP contribution is -2.30. The molecule has 0 aliphatic carbocycles. The second-order valence-corrected chi connectivity index (χ2v) is 10.00. The molecule has 4 aromatic carbocycles. The summed E-state index contributed by atoms with van der Waals surface area (Å²) in [6.45, 7) is 3.62. The summed E-state index contributed by atoms with van der Waals surface area (Å²) in [5.41, 5.74) is 3.00. The monoisotopic (exact) mass is 557 g/mol. The predicted octanol–water partition coefficient (Wildman–Crippen LogP) is 7.19. The SMILES string of the molecule is Cc1ccc(C(=O)[C@H](OC(=O)c2ccc(C)c(N3C(=O)c4cc(Cl)c(Cl)cc4C3=O)c2)c2ccccc2)cc1. The summed E-state index contributed by atoms with van der Waals surface area (Å²) in [4.78, 5) is 54.1. The van der Waals surface area contributed by atoms with Crippen molar-refractivity contribution < 1.29 is 23.9 Å². The minimum absolute atomic E-state index is 0.0702. The molecule has 194 valence electrons. The fraction of sp³-hybridized carbons (Fsp3) is 0.0968. The molecule has 39 heavy (non-hydrogen) atoms.